The minimum absolute atomic E-state index is 0.0686. The van der Waals surface area contributed by atoms with Gasteiger partial charge in [-0.15, -0.1) is 5.10 Å². The van der Waals surface area contributed by atoms with E-state index in [9.17, 15) is 4.39 Å². The third-order valence-corrected chi connectivity index (χ3v) is 6.69. The normalized spacial score (nSPS) is 20.9. The molecule has 1 saturated heterocycles. The van der Waals surface area contributed by atoms with Gasteiger partial charge in [0.2, 0.25) is 0 Å². The Morgan fingerprint density at radius 2 is 2.07 bits per heavy atom. The van der Waals surface area contributed by atoms with Crippen molar-refractivity contribution in [2.45, 2.75) is 44.7 Å². The van der Waals surface area contributed by atoms with Crippen LogP contribution in [0.15, 0.2) is 28.4 Å². The molecule has 5 rings (SSSR count). The second-order valence-corrected chi connectivity index (χ2v) is 8.66. The Morgan fingerprint density at radius 3 is 2.90 bits per heavy atom. The van der Waals surface area contributed by atoms with Crippen molar-refractivity contribution < 1.29 is 4.39 Å². The maximum absolute atomic E-state index is 14.0. The summed E-state index contributed by atoms with van der Waals surface area (Å²) in [7, 11) is 0. The van der Waals surface area contributed by atoms with Crippen LogP contribution in [-0.4, -0.2) is 40.8 Å². The van der Waals surface area contributed by atoms with Crippen molar-refractivity contribution in [3.05, 3.63) is 51.0 Å². The number of hydrogen-bond acceptors (Lipinski definition) is 6. The monoisotopic (exact) mass is 446 g/mol. The molecule has 3 aliphatic rings. The zero-order valence-electron chi connectivity index (χ0n) is 16.3. The smallest absolute Gasteiger partial charge is 0.142 e. The third kappa shape index (κ3) is 3.70. The SMILES string of the molecule is Fc1ccc(Cl)c(CN2CCCc3nnc(C4=NN=C(C5CCCN5)C4)cc32)c1Cl. The summed E-state index contributed by atoms with van der Waals surface area (Å²) < 4.78 is 14.0. The molecule has 2 aromatic rings. The first kappa shape index (κ1) is 19.8. The highest BCUT2D eigenvalue weighted by molar-refractivity contribution is 6.36. The number of nitrogens with one attached hydrogen (secondary N) is 1. The number of benzene rings is 1. The molecule has 1 atom stereocenters. The standard InChI is InChI=1S/C21H21Cl2FN6/c22-13-5-6-14(24)21(23)12(13)11-30-8-2-4-16-20(30)10-19(29-26-16)18-9-17(27-28-18)15-3-1-7-25-15/h5-6,10,15,25H,1-4,7-9,11H2. The van der Waals surface area contributed by atoms with Crippen LogP contribution in [0.2, 0.25) is 10.0 Å². The molecule has 30 heavy (non-hydrogen) atoms. The van der Waals surface area contributed by atoms with E-state index in [-0.39, 0.29) is 5.02 Å². The summed E-state index contributed by atoms with van der Waals surface area (Å²) in [5.41, 5.74) is 5.11. The topological polar surface area (TPSA) is 65.8 Å². The molecule has 3 aliphatic heterocycles. The number of rotatable bonds is 4. The van der Waals surface area contributed by atoms with Gasteiger partial charge in [-0.25, -0.2) is 4.39 Å². The van der Waals surface area contributed by atoms with Crippen molar-refractivity contribution in [2.75, 3.05) is 18.0 Å². The van der Waals surface area contributed by atoms with Crippen molar-refractivity contribution in [1.29, 1.82) is 0 Å². The van der Waals surface area contributed by atoms with Crippen LogP contribution in [0.4, 0.5) is 10.1 Å². The van der Waals surface area contributed by atoms with Crippen LogP contribution >= 0.6 is 23.2 Å². The summed E-state index contributed by atoms with van der Waals surface area (Å²) in [6, 6.07) is 5.16. The Bertz CT molecular complexity index is 1050. The van der Waals surface area contributed by atoms with Crippen molar-refractivity contribution >= 4 is 40.3 Å². The first-order valence-corrected chi connectivity index (χ1v) is 11.0. The highest BCUT2D eigenvalue weighted by atomic mass is 35.5. The van der Waals surface area contributed by atoms with E-state index in [2.05, 4.69) is 30.6 Å². The molecule has 0 radical (unpaired) electrons. The fourth-order valence-electron chi connectivity index (χ4n) is 4.30. The molecule has 1 aromatic heterocycles. The Hall–Kier alpha value is -2.09. The van der Waals surface area contributed by atoms with Crippen LogP contribution in [0.1, 0.15) is 42.6 Å². The highest BCUT2D eigenvalue weighted by Crippen LogP contribution is 2.33. The third-order valence-electron chi connectivity index (χ3n) is 5.92. The number of fused-ring (bicyclic) bond motifs is 1. The average Bonchev–Trinajstić information content (AvgIpc) is 3.45. The minimum Gasteiger partial charge on any atom is -0.365 e. The van der Waals surface area contributed by atoms with E-state index in [1.807, 2.05) is 6.07 Å². The molecule has 156 valence electrons. The van der Waals surface area contributed by atoms with Gasteiger partial charge in [0, 0.05) is 36.1 Å². The van der Waals surface area contributed by atoms with E-state index in [4.69, 9.17) is 23.2 Å². The molecule has 0 amide bonds. The van der Waals surface area contributed by atoms with E-state index < -0.39 is 5.82 Å². The summed E-state index contributed by atoms with van der Waals surface area (Å²) in [6.45, 7) is 2.24. The van der Waals surface area contributed by atoms with Gasteiger partial charge in [-0.05, 0) is 50.4 Å². The zero-order valence-corrected chi connectivity index (χ0v) is 17.8. The maximum atomic E-state index is 14.0. The van der Waals surface area contributed by atoms with Gasteiger partial charge in [-0.1, -0.05) is 23.2 Å². The van der Waals surface area contributed by atoms with Crippen LogP contribution < -0.4 is 10.2 Å². The Labute approximate surface area is 184 Å². The van der Waals surface area contributed by atoms with E-state index in [1.54, 1.807) is 6.07 Å². The number of aryl methyl sites for hydroxylation is 1. The molecule has 0 spiro atoms. The molecular weight excluding hydrogens is 426 g/mol. The first-order valence-electron chi connectivity index (χ1n) is 10.2. The average molecular weight is 447 g/mol. The Balaban J connectivity index is 1.40. The lowest BCUT2D eigenvalue weighted by atomic mass is 10.0. The number of anilines is 1. The van der Waals surface area contributed by atoms with Gasteiger partial charge in [0.15, 0.2) is 0 Å². The van der Waals surface area contributed by atoms with Crippen LogP contribution in [0, 0.1) is 5.82 Å². The molecule has 0 aliphatic carbocycles. The minimum atomic E-state index is -0.465. The van der Waals surface area contributed by atoms with Crippen LogP contribution in [0.25, 0.3) is 0 Å². The van der Waals surface area contributed by atoms with E-state index in [1.165, 1.54) is 6.07 Å². The molecule has 1 fully saturated rings. The predicted molar refractivity (Wildman–Crippen MR) is 117 cm³/mol. The summed E-state index contributed by atoms with van der Waals surface area (Å²) in [6.07, 6.45) is 4.74. The molecule has 1 N–H and O–H groups in total. The number of nitrogens with zero attached hydrogens (tertiary/aromatic N) is 5. The maximum Gasteiger partial charge on any atom is 0.142 e. The molecule has 0 saturated carbocycles. The Kier molecular flexibility index (Phi) is 5.43. The zero-order chi connectivity index (χ0) is 20.7. The van der Waals surface area contributed by atoms with Gasteiger partial charge < -0.3 is 10.2 Å². The molecule has 6 nitrogen and oxygen atoms in total. The van der Waals surface area contributed by atoms with Gasteiger partial charge in [0.05, 0.1) is 27.8 Å². The molecule has 1 aromatic carbocycles. The van der Waals surface area contributed by atoms with Crippen LogP contribution in [-0.2, 0) is 13.0 Å². The van der Waals surface area contributed by atoms with Gasteiger partial charge in [0.25, 0.3) is 0 Å². The van der Waals surface area contributed by atoms with Crippen molar-refractivity contribution in [3.8, 4) is 0 Å². The number of aromatic nitrogens is 2. The largest absolute Gasteiger partial charge is 0.365 e. The second-order valence-electron chi connectivity index (χ2n) is 7.87. The molecule has 4 heterocycles. The quantitative estimate of drug-likeness (QED) is 0.715. The Morgan fingerprint density at radius 1 is 1.17 bits per heavy atom. The van der Waals surface area contributed by atoms with Gasteiger partial charge in [-0.3, -0.25) is 0 Å². The van der Waals surface area contributed by atoms with Gasteiger partial charge >= 0.3 is 0 Å². The lowest BCUT2D eigenvalue weighted by molar-refractivity contribution is 0.622. The van der Waals surface area contributed by atoms with Crippen molar-refractivity contribution in [2.24, 2.45) is 10.2 Å². The summed E-state index contributed by atoms with van der Waals surface area (Å²) in [4.78, 5) is 2.14. The highest BCUT2D eigenvalue weighted by Gasteiger charge is 2.28. The summed E-state index contributed by atoms with van der Waals surface area (Å²) in [5, 5.41) is 21.6. The number of halogens is 3. The first-order chi connectivity index (χ1) is 14.6. The lowest BCUT2D eigenvalue weighted by Crippen LogP contribution is -2.31. The summed E-state index contributed by atoms with van der Waals surface area (Å²) in [5.74, 6) is -0.465. The molecule has 0 bridgehead atoms. The molecule has 9 heteroatoms. The molecule has 1 unspecified atom stereocenters. The number of hydrogen-bond donors (Lipinski definition) is 1. The van der Waals surface area contributed by atoms with E-state index in [0.29, 0.717) is 29.6 Å². The molecular formula is C21H21Cl2FN6. The van der Waals surface area contributed by atoms with Crippen LogP contribution in [0.5, 0.6) is 0 Å². The second kappa shape index (κ2) is 8.21. The fourth-order valence-corrected chi connectivity index (χ4v) is 4.79. The fraction of sp³-hybridized carbons (Fsp3) is 0.429. The lowest BCUT2D eigenvalue weighted by Gasteiger charge is -2.31. The van der Waals surface area contributed by atoms with Crippen molar-refractivity contribution in [3.63, 3.8) is 0 Å². The summed E-state index contributed by atoms with van der Waals surface area (Å²) >= 11 is 12.5. The van der Waals surface area contributed by atoms with Crippen LogP contribution in [0.3, 0.4) is 0 Å². The van der Waals surface area contributed by atoms with E-state index in [0.717, 1.165) is 67.3 Å². The van der Waals surface area contributed by atoms with Crippen molar-refractivity contribution in [1.82, 2.24) is 15.5 Å². The predicted octanol–water partition coefficient (Wildman–Crippen LogP) is 4.18. The van der Waals surface area contributed by atoms with Gasteiger partial charge in [-0.2, -0.15) is 15.3 Å². The van der Waals surface area contributed by atoms with Gasteiger partial charge in [0.1, 0.15) is 11.5 Å². The van der Waals surface area contributed by atoms with E-state index >= 15 is 0 Å².